The van der Waals surface area contributed by atoms with Crippen molar-refractivity contribution < 1.29 is 31.8 Å². The smallest absolute Gasteiger partial charge is 0.251 e. The van der Waals surface area contributed by atoms with Crippen LogP contribution in [0.5, 0.6) is 11.5 Å². The third kappa shape index (κ3) is 5.11. The molecule has 2 aliphatic carbocycles. The van der Waals surface area contributed by atoms with Gasteiger partial charge in [0.05, 0.1) is 23.1 Å². The van der Waals surface area contributed by atoms with Crippen molar-refractivity contribution in [3.8, 4) is 22.8 Å². The Hall–Kier alpha value is -4.28. The number of carbonyl (C=O) groups is 1. The lowest BCUT2D eigenvalue weighted by Gasteiger charge is -2.25. The fourth-order valence-corrected chi connectivity index (χ4v) is 5.75. The second-order valence-corrected chi connectivity index (χ2v) is 12.1. The molecule has 1 amide bonds. The molecule has 7 rings (SSSR count). The lowest BCUT2D eigenvalue weighted by molar-refractivity contribution is 0.0943. The molecular formula is C33H30F4N4O3. The normalized spacial score (nSPS) is 18.4. The van der Waals surface area contributed by atoms with Gasteiger partial charge in [-0.15, -0.1) is 5.10 Å². The van der Waals surface area contributed by atoms with E-state index in [-0.39, 0.29) is 54.8 Å². The summed E-state index contributed by atoms with van der Waals surface area (Å²) < 4.78 is 70.2. The topological polar surface area (TPSA) is 86.2 Å². The third-order valence-electron chi connectivity index (χ3n) is 8.72. The highest BCUT2D eigenvalue weighted by Gasteiger charge is 2.53. The van der Waals surface area contributed by atoms with Crippen LogP contribution in [0.15, 0.2) is 48.5 Å². The fourth-order valence-electron chi connectivity index (χ4n) is 5.75. The van der Waals surface area contributed by atoms with E-state index < -0.39 is 42.1 Å². The number of aryl methyl sites for hydroxylation is 1. The average molecular weight is 607 g/mol. The van der Waals surface area contributed by atoms with Crippen molar-refractivity contribution in [2.24, 2.45) is 0 Å². The van der Waals surface area contributed by atoms with Gasteiger partial charge < -0.3 is 14.8 Å². The van der Waals surface area contributed by atoms with Gasteiger partial charge in [-0.25, -0.2) is 22.5 Å². The third-order valence-corrected chi connectivity index (χ3v) is 8.72. The summed E-state index contributed by atoms with van der Waals surface area (Å²) in [4.78, 5) is 18.2. The Morgan fingerprint density at radius 3 is 2.52 bits per heavy atom. The maximum atomic E-state index is 16.0. The predicted molar refractivity (Wildman–Crippen MR) is 155 cm³/mol. The number of amides is 1. The van der Waals surface area contributed by atoms with Crippen molar-refractivity contribution in [1.29, 1.82) is 0 Å². The van der Waals surface area contributed by atoms with Crippen molar-refractivity contribution in [1.82, 2.24) is 20.5 Å². The molecule has 1 atom stereocenters. The van der Waals surface area contributed by atoms with Crippen LogP contribution in [0.2, 0.25) is 0 Å². The van der Waals surface area contributed by atoms with Gasteiger partial charge in [0.1, 0.15) is 54.2 Å². The van der Waals surface area contributed by atoms with Crippen molar-refractivity contribution in [2.45, 2.75) is 55.7 Å². The van der Waals surface area contributed by atoms with Gasteiger partial charge in [0.15, 0.2) is 0 Å². The van der Waals surface area contributed by atoms with Crippen LogP contribution in [-0.4, -0.2) is 59.4 Å². The molecule has 2 aromatic carbocycles. The van der Waals surface area contributed by atoms with Gasteiger partial charge in [0.25, 0.3) is 5.91 Å². The maximum Gasteiger partial charge on any atom is 0.251 e. The largest absolute Gasteiger partial charge is 0.490 e. The van der Waals surface area contributed by atoms with E-state index in [9.17, 15) is 18.0 Å². The number of nitrogens with zero attached hydrogens (tertiary/aromatic N) is 3. The van der Waals surface area contributed by atoms with Gasteiger partial charge in [-0.2, -0.15) is 5.10 Å². The number of pyridine rings is 1. The molecule has 2 saturated carbocycles. The van der Waals surface area contributed by atoms with Crippen molar-refractivity contribution in [2.75, 3.05) is 26.5 Å². The molecule has 1 unspecified atom stereocenters. The summed E-state index contributed by atoms with van der Waals surface area (Å²) in [5.41, 5.74) is -0.481. The Morgan fingerprint density at radius 2 is 1.84 bits per heavy atom. The SMILES string of the molecule is Cc1cc2cc(C(=O)NCC(c3cc4c(c(-c5ccc(F)cc5)n3)OCC4(CF)CF)C3(F)CC3)cc(OC3CC3)c2nn1. The van der Waals surface area contributed by atoms with E-state index in [2.05, 4.69) is 15.5 Å². The molecule has 4 aromatic rings. The monoisotopic (exact) mass is 606 g/mol. The van der Waals surface area contributed by atoms with E-state index in [0.717, 1.165) is 12.8 Å². The molecule has 0 saturated heterocycles. The number of carbonyl (C=O) groups excluding carboxylic acids is 1. The molecule has 3 aliphatic rings. The number of ether oxygens (including phenoxy) is 2. The number of alkyl halides is 3. The number of hydrogen-bond acceptors (Lipinski definition) is 6. The molecule has 1 N–H and O–H groups in total. The van der Waals surface area contributed by atoms with Gasteiger partial charge in [-0.3, -0.25) is 4.79 Å². The number of benzene rings is 2. The molecule has 228 valence electrons. The van der Waals surface area contributed by atoms with Crippen LogP contribution in [0.3, 0.4) is 0 Å². The molecular weight excluding hydrogens is 576 g/mol. The van der Waals surface area contributed by atoms with Crippen molar-refractivity contribution in [3.63, 3.8) is 0 Å². The maximum absolute atomic E-state index is 16.0. The predicted octanol–water partition coefficient (Wildman–Crippen LogP) is 6.27. The minimum atomic E-state index is -1.67. The minimum absolute atomic E-state index is 0.0659. The molecule has 0 bridgehead atoms. The number of rotatable bonds is 10. The van der Waals surface area contributed by atoms with Crippen LogP contribution in [-0.2, 0) is 5.41 Å². The Labute approximate surface area is 251 Å². The fraction of sp³-hybridized carbons (Fsp3) is 0.394. The summed E-state index contributed by atoms with van der Waals surface area (Å²) >= 11 is 0. The van der Waals surface area contributed by atoms with Gasteiger partial charge in [-0.1, -0.05) is 0 Å². The second kappa shape index (κ2) is 10.7. The van der Waals surface area contributed by atoms with E-state index in [4.69, 9.17) is 14.5 Å². The van der Waals surface area contributed by atoms with Crippen molar-refractivity contribution >= 4 is 16.8 Å². The lowest BCUT2D eigenvalue weighted by Crippen LogP contribution is -2.35. The Balaban J connectivity index is 1.24. The van der Waals surface area contributed by atoms with E-state index in [0.29, 0.717) is 33.5 Å². The molecule has 7 nitrogen and oxygen atoms in total. The zero-order valence-electron chi connectivity index (χ0n) is 24.0. The number of halogens is 4. The first-order valence-corrected chi connectivity index (χ1v) is 14.7. The van der Waals surface area contributed by atoms with Crippen LogP contribution in [0.25, 0.3) is 22.2 Å². The second-order valence-electron chi connectivity index (χ2n) is 12.1. The summed E-state index contributed by atoms with van der Waals surface area (Å²) in [6, 6.07) is 12.1. The summed E-state index contributed by atoms with van der Waals surface area (Å²) in [5, 5.41) is 11.9. The lowest BCUT2D eigenvalue weighted by atomic mass is 9.82. The molecule has 2 aromatic heterocycles. The standard InChI is InChI=1S/C33H30F4N4O3/c1-18-10-20-11-21(12-27(28(20)41-40-18)44-23-6-7-23)31(42)38-14-25(33(37)8-9-33)26-13-24-30(43-17-32(24,15-34)16-35)29(39-26)19-2-4-22(36)5-3-19/h2-5,10-13,23,25H,6-9,14-17H2,1H3,(H,38,42). The quantitative estimate of drug-likeness (QED) is 0.215. The first kappa shape index (κ1) is 28.5. The molecule has 3 heterocycles. The van der Waals surface area contributed by atoms with E-state index >= 15 is 4.39 Å². The van der Waals surface area contributed by atoms with Crippen molar-refractivity contribution in [3.05, 3.63) is 76.9 Å². The van der Waals surface area contributed by atoms with Crippen LogP contribution in [0.1, 0.15) is 58.9 Å². The molecule has 11 heteroatoms. The van der Waals surface area contributed by atoms with E-state index in [1.807, 2.05) is 6.07 Å². The van der Waals surface area contributed by atoms with Crippen LogP contribution in [0.4, 0.5) is 17.6 Å². The highest BCUT2D eigenvalue weighted by Crippen LogP contribution is 2.53. The average Bonchev–Trinajstić information content (AvgIpc) is 3.95. The number of fused-ring (bicyclic) bond motifs is 2. The molecule has 2 fully saturated rings. The van der Waals surface area contributed by atoms with Gasteiger partial charge >= 0.3 is 0 Å². The Bertz CT molecular complexity index is 1750. The van der Waals surface area contributed by atoms with Crippen LogP contribution >= 0.6 is 0 Å². The number of aromatic nitrogens is 3. The first-order valence-electron chi connectivity index (χ1n) is 14.7. The molecule has 0 radical (unpaired) electrons. The van der Waals surface area contributed by atoms with Crippen LogP contribution < -0.4 is 14.8 Å². The van der Waals surface area contributed by atoms with Gasteiger partial charge in [0, 0.05) is 34.3 Å². The minimum Gasteiger partial charge on any atom is -0.490 e. The Kier molecular flexibility index (Phi) is 6.93. The molecule has 0 spiro atoms. The molecule has 1 aliphatic heterocycles. The summed E-state index contributed by atoms with van der Waals surface area (Å²) in [7, 11) is 0. The van der Waals surface area contributed by atoms with Crippen LogP contribution in [0, 0.1) is 12.7 Å². The van der Waals surface area contributed by atoms with Gasteiger partial charge in [-0.05, 0) is 81.1 Å². The number of nitrogens with one attached hydrogen (secondary N) is 1. The Morgan fingerprint density at radius 1 is 1.09 bits per heavy atom. The highest BCUT2D eigenvalue weighted by molar-refractivity contribution is 6.00. The molecule has 44 heavy (non-hydrogen) atoms. The highest BCUT2D eigenvalue weighted by atomic mass is 19.1. The van der Waals surface area contributed by atoms with Gasteiger partial charge in [0.2, 0.25) is 0 Å². The zero-order chi connectivity index (χ0) is 30.6. The summed E-state index contributed by atoms with van der Waals surface area (Å²) in [6.07, 6.45) is 2.40. The zero-order valence-corrected chi connectivity index (χ0v) is 24.0. The first-order chi connectivity index (χ1) is 21.2. The summed E-state index contributed by atoms with van der Waals surface area (Å²) in [5.74, 6) is -1.17. The number of hydrogen-bond donors (Lipinski definition) is 1. The summed E-state index contributed by atoms with van der Waals surface area (Å²) in [6.45, 7) is -0.609. The van der Waals surface area contributed by atoms with E-state index in [1.54, 1.807) is 19.1 Å². The van der Waals surface area contributed by atoms with E-state index in [1.165, 1.54) is 30.3 Å².